The molecule has 0 spiro atoms. The molecule has 0 aliphatic heterocycles. The number of carbonyl (C=O) groups excluding carboxylic acids is 1. The number of nitrogens with zero attached hydrogens (tertiary/aromatic N) is 1. The van der Waals surface area contributed by atoms with Gasteiger partial charge in [0.05, 0.1) is 17.1 Å². The summed E-state index contributed by atoms with van der Waals surface area (Å²) in [6.45, 7) is 1.95. The van der Waals surface area contributed by atoms with E-state index in [1.807, 2.05) is 55.5 Å². The molecule has 0 saturated carbocycles. The van der Waals surface area contributed by atoms with E-state index in [9.17, 15) is 4.79 Å². The highest BCUT2D eigenvalue weighted by Gasteiger charge is 2.19. The molecule has 3 rings (SSSR count). The fourth-order valence-electron chi connectivity index (χ4n) is 2.71. The minimum Gasteiger partial charge on any atom is -0.342 e. The summed E-state index contributed by atoms with van der Waals surface area (Å²) in [7, 11) is 0. The van der Waals surface area contributed by atoms with E-state index in [-0.39, 0.29) is 11.9 Å². The summed E-state index contributed by atoms with van der Waals surface area (Å²) in [6, 6.07) is 15.4. The monoisotopic (exact) mass is 339 g/mol. The lowest BCUT2D eigenvalue weighted by Crippen LogP contribution is -2.30. The number of nitrogens with one attached hydrogen (secondary N) is 2. The Bertz CT molecular complexity index is 810. The third-order valence-corrected chi connectivity index (χ3v) is 4.69. The molecule has 0 aliphatic rings. The second-order valence-electron chi connectivity index (χ2n) is 5.76. The van der Waals surface area contributed by atoms with E-state index in [0.29, 0.717) is 5.56 Å². The molecular weight excluding hydrogens is 318 g/mol. The molecule has 5 heteroatoms. The van der Waals surface area contributed by atoms with Crippen molar-refractivity contribution >= 4 is 28.7 Å². The van der Waals surface area contributed by atoms with Crippen LogP contribution in [-0.4, -0.2) is 27.9 Å². The molecule has 0 radical (unpaired) electrons. The number of carbonyl (C=O) groups is 1. The molecule has 1 aromatic heterocycles. The van der Waals surface area contributed by atoms with Gasteiger partial charge in [-0.3, -0.25) is 4.79 Å². The Morgan fingerprint density at radius 1 is 1.21 bits per heavy atom. The average Bonchev–Trinajstić information content (AvgIpc) is 3.02. The third kappa shape index (κ3) is 3.62. The van der Waals surface area contributed by atoms with Gasteiger partial charge in [-0.1, -0.05) is 30.3 Å². The molecule has 0 aliphatic carbocycles. The fraction of sp³-hybridized carbons (Fsp3) is 0.263. The molecule has 24 heavy (non-hydrogen) atoms. The van der Waals surface area contributed by atoms with Crippen LogP contribution >= 0.6 is 11.8 Å². The molecule has 124 valence electrons. The van der Waals surface area contributed by atoms with Gasteiger partial charge in [0, 0.05) is 5.56 Å². The van der Waals surface area contributed by atoms with Crippen molar-refractivity contribution in [3.63, 3.8) is 0 Å². The third-order valence-electron chi connectivity index (χ3n) is 4.04. The molecule has 0 unspecified atom stereocenters. The van der Waals surface area contributed by atoms with Crippen LogP contribution in [0.4, 0.5) is 0 Å². The Morgan fingerprint density at radius 2 is 1.96 bits per heavy atom. The Labute approximate surface area is 146 Å². The lowest BCUT2D eigenvalue weighted by Gasteiger charge is -2.17. The smallest absolute Gasteiger partial charge is 0.252 e. The van der Waals surface area contributed by atoms with Crippen molar-refractivity contribution in [2.45, 2.75) is 19.4 Å². The number of benzene rings is 2. The zero-order valence-corrected chi connectivity index (χ0v) is 14.7. The molecule has 4 nitrogen and oxygen atoms in total. The number of hydrogen-bond acceptors (Lipinski definition) is 3. The Morgan fingerprint density at radius 3 is 2.71 bits per heavy atom. The van der Waals surface area contributed by atoms with E-state index < -0.39 is 0 Å². The molecule has 1 amide bonds. The zero-order valence-electron chi connectivity index (χ0n) is 13.9. The maximum Gasteiger partial charge on any atom is 0.252 e. The lowest BCUT2D eigenvalue weighted by molar-refractivity contribution is 0.0933. The van der Waals surface area contributed by atoms with Crippen LogP contribution in [0.25, 0.3) is 11.0 Å². The minimum atomic E-state index is -0.128. The number of fused-ring (bicyclic) bond motifs is 1. The second kappa shape index (κ2) is 7.53. The highest BCUT2D eigenvalue weighted by atomic mass is 32.2. The van der Waals surface area contributed by atoms with Crippen molar-refractivity contribution in [1.29, 1.82) is 0 Å². The van der Waals surface area contributed by atoms with E-state index in [1.54, 1.807) is 11.8 Å². The van der Waals surface area contributed by atoms with Crippen LogP contribution in [0.5, 0.6) is 0 Å². The van der Waals surface area contributed by atoms with E-state index in [1.165, 1.54) is 0 Å². The van der Waals surface area contributed by atoms with Crippen molar-refractivity contribution in [3.8, 4) is 0 Å². The molecule has 1 heterocycles. The van der Waals surface area contributed by atoms with Crippen LogP contribution in [0.3, 0.4) is 0 Å². The van der Waals surface area contributed by atoms with Gasteiger partial charge in [-0.15, -0.1) is 0 Å². The maximum absolute atomic E-state index is 12.7. The van der Waals surface area contributed by atoms with Gasteiger partial charge in [0.1, 0.15) is 5.82 Å². The van der Waals surface area contributed by atoms with Crippen LogP contribution in [0.2, 0.25) is 0 Å². The number of para-hydroxylation sites is 2. The first-order chi connectivity index (χ1) is 11.7. The number of rotatable bonds is 6. The van der Waals surface area contributed by atoms with E-state index in [0.717, 1.165) is 34.6 Å². The van der Waals surface area contributed by atoms with Crippen molar-refractivity contribution in [3.05, 3.63) is 65.5 Å². The predicted octanol–water partition coefficient (Wildman–Crippen LogP) is 4.10. The number of thioether (sulfide) groups is 1. The van der Waals surface area contributed by atoms with Gasteiger partial charge >= 0.3 is 0 Å². The van der Waals surface area contributed by atoms with Crippen LogP contribution in [0.1, 0.15) is 34.2 Å². The summed E-state index contributed by atoms with van der Waals surface area (Å²) in [5, 5.41) is 3.14. The summed E-state index contributed by atoms with van der Waals surface area (Å²) >= 11 is 1.76. The van der Waals surface area contributed by atoms with Gasteiger partial charge in [0.2, 0.25) is 0 Å². The Kier molecular flexibility index (Phi) is 5.20. The van der Waals surface area contributed by atoms with Crippen molar-refractivity contribution < 1.29 is 4.79 Å². The summed E-state index contributed by atoms with van der Waals surface area (Å²) < 4.78 is 0. The number of amides is 1. The first-order valence-electron chi connectivity index (χ1n) is 7.99. The van der Waals surface area contributed by atoms with Gasteiger partial charge in [-0.2, -0.15) is 11.8 Å². The van der Waals surface area contributed by atoms with Crippen molar-refractivity contribution in [2.75, 3.05) is 12.0 Å². The molecule has 2 N–H and O–H groups in total. The van der Waals surface area contributed by atoms with Gasteiger partial charge < -0.3 is 10.3 Å². The molecule has 2 aromatic carbocycles. The molecule has 1 atom stereocenters. The summed E-state index contributed by atoms with van der Waals surface area (Å²) in [5.41, 5.74) is 3.60. The normalized spacial score (nSPS) is 12.2. The highest BCUT2D eigenvalue weighted by Crippen LogP contribution is 2.21. The quantitative estimate of drug-likeness (QED) is 0.711. The van der Waals surface area contributed by atoms with Crippen LogP contribution in [0.15, 0.2) is 48.5 Å². The predicted molar refractivity (Wildman–Crippen MR) is 100 cm³/mol. The van der Waals surface area contributed by atoms with Gasteiger partial charge in [-0.05, 0) is 49.1 Å². The average molecular weight is 339 g/mol. The molecule has 0 saturated heterocycles. The number of aromatic nitrogens is 2. The number of aryl methyl sites for hydroxylation is 1. The lowest BCUT2D eigenvalue weighted by atomic mass is 10.1. The topological polar surface area (TPSA) is 57.8 Å². The number of aromatic amines is 1. The second-order valence-corrected chi connectivity index (χ2v) is 6.75. The molecule has 0 bridgehead atoms. The Hall–Kier alpha value is -2.27. The number of hydrogen-bond donors (Lipinski definition) is 2. The van der Waals surface area contributed by atoms with Gasteiger partial charge in [-0.25, -0.2) is 4.98 Å². The van der Waals surface area contributed by atoms with Gasteiger partial charge in [0.25, 0.3) is 5.91 Å². The first kappa shape index (κ1) is 16.6. The van der Waals surface area contributed by atoms with Crippen LogP contribution in [-0.2, 0) is 0 Å². The molecular formula is C19H21N3OS. The zero-order chi connectivity index (χ0) is 16.9. The van der Waals surface area contributed by atoms with E-state index in [2.05, 4.69) is 21.5 Å². The Balaban J connectivity index is 1.86. The summed E-state index contributed by atoms with van der Waals surface area (Å²) in [4.78, 5) is 20.7. The van der Waals surface area contributed by atoms with Gasteiger partial charge in [0.15, 0.2) is 0 Å². The number of imidazole rings is 1. The van der Waals surface area contributed by atoms with E-state index in [4.69, 9.17) is 0 Å². The van der Waals surface area contributed by atoms with Crippen LogP contribution in [0, 0.1) is 6.92 Å². The highest BCUT2D eigenvalue weighted by molar-refractivity contribution is 7.98. The minimum absolute atomic E-state index is 0.0559. The van der Waals surface area contributed by atoms with Crippen LogP contribution < -0.4 is 5.32 Å². The fourth-order valence-corrected chi connectivity index (χ4v) is 3.19. The SMILES string of the molecule is CSCC[C@@H](NC(=O)c1ccccc1C)c1nc2ccccc2[nH]1. The summed E-state index contributed by atoms with van der Waals surface area (Å²) in [5.74, 6) is 1.71. The van der Waals surface area contributed by atoms with Crippen molar-refractivity contribution in [2.24, 2.45) is 0 Å². The standard InChI is InChI=1S/C19H21N3OS/c1-13-7-3-4-8-14(13)19(23)22-17(11-12-24-2)18-20-15-9-5-6-10-16(15)21-18/h3-10,17H,11-12H2,1-2H3,(H,20,21)(H,22,23)/t17-/m1/s1. The van der Waals surface area contributed by atoms with E-state index >= 15 is 0 Å². The molecule has 0 fully saturated rings. The molecule has 3 aromatic rings. The maximum atomic E-state index is 12.7. The first-order valence-corrected chi connectivity index (χ1v) is 9.38. The largest absolute Gasteiger partial charge is 0.342 e. The summed E-state index contributed by atoms with van der Waals surface area (Å²) in [6.07, 6.45) is 2.90. The number of H-pyrrole nitrogens is 1. The van der Waals surface area contributed by atoms with Crippen molar-refractivity contribution in [1.82, 2.24) is 15.3 Å².